The monoisotopic (exact) mass is 476 g/mol. The molecule has 1 heterocycles. The van der Waals surface area contributed by atoms with Crippen molar-refractivity contribution in [1.82, 2.24) is 0 Å². The summed E-state index contributed by atoms with van der Waals surface area (Å²) >= 11 is 1.60. The number of para-hydroxylation sites is 1. The summed E-state index contributed by atoms with van der Waals surface area (Å²) in [6.45, 7) is 2.14. The molecule has 1 saturated heterocycles. The molecule has 1 atom stereocenters. The molecule has 4 rings (SSSR count). The maximum absolute atomic E-state index is 12.9. The Hall–Kier alpha value is -3.45. The van der Waals surface area contributed by atoms with Gasteiger partial charge in [0.2, 0.25) is 5.91 Å². The zero-order chi connectivity index (χ0) is 24.1. The van der Waals surface area contributed by atoms with Gasteiger partial charge in [0.15, 0.2) is 0 Å². The van der Waals surface area contributed by atoms with E-state index in [9.17, 15) is 9.59 Å². The highest BCUT2D eigenvalue weighted by Gasteiger charge is 2.35. The van der Waals surface area contributed by atoms with Crippen LogP contribution >= 0.6 is 11.8 Å². The smallest absolute Gasteiger partial charge is 0.255 e. The number of carbonyl (C=O) groups excluding carboxylic acids is 2. The summed E-state index contributed by atoms with van der Waals surface area (Å²) < 4.78 is 10.5. The quantitative estimate of drug-likeness (QED) is 0.453. The topological polar surface area (TPSA) is 67.9 Å². The molecule has 1 aliphatic heterocycles. The van der Waals surface area contributed by atoms with E-state index < -0.39 is 0 Å². The number of aryl methyl sites for hydroxylation is 1. The third-order valence-corrected chi connectivity index (χ3v) is 6.89. The fourth-order valence-corrected chi connectivity index (χ4v) is 5.23. The van der Waals surface area contributed by atoms with E-state index in [0.29, 0.717) is 28.5 Å². The molecule has 7 heteroatoms. The van der Waals surface area contributed by atoms with Crippen molar-refractivity contribution in [2.45, 2.75) is 25.1 Å². The maximum atomic E-state index is 12.9. The van der Waals surface area contributed by atoms with Crippen molar-refractivity contribution >= 4 is 35.0 Å². The van der Waals surface area contributed by atoms with Gasteiger partial charge in [0, 0.05) is 23.0 Å². The normalized spacial score (nSPS) is 15.3. The van der Waals surface area contributed by atoms with Crippen molar-refractivity contribution < 1.29 is 19.1 Å². The summed E-state index contributed by atoms with van der Waals surface area (Å²) in [4.78, 5) is 27.7. The van der Waals surface area contributed by atoms with E-state index in [-0.39, 0.29) is 17.2 Å². The largest absolute Gasteiger partial charge is 0.497 e. The Balaban J connectivity index is 1.60. The Morgan fingerprint density at radius 3 is 2.47 bits per heavy atom. The number of rotatable bonds is 8. The lowest BCUT2D eigenvalue weighted by Crippen LogP contribution is -2.28. The van der Waals surface area contributed by atoms with Crippen LogP contribution in [0.3, 0.4) is 0 Å². The number of carbonyl (C=O) groups is 2. The van der Waals surface area contributed by atoms with Gasteiger partial charge in [-0.3, -0.25) is 14.5 Å². The van der Waals surface area contributed by atoms with Gasteiger partial charge < -0.3 is 14.8 Å². The van der Waals surface area contributed by atoms with Gasteiger partial charge in [0.05, 0.1) is 20.0 Å². The van der Waals surface area contributed by atoms with Crippen molar-refractivity contribution in [1.29, 1.82) is 0 Å². The Bertz CT molecular complexity index is 1170. The summed E-state index contributed by atoms with van der Waals surface area (Å²) in [6, 6.07) is 20.8. The van der Waals surface area contributed by atoms with Crippen LogP contribution in [-0.2, 0) is 11.2 Å². The van der Waals surface area contributed by atoms with Crippen LogP contribution in [0.5, 0.6) is 11.5 Å². The first-order valence-electron chi connectivity index (χ1n) is 11.2. The van der Waals surface area contributed by atoms with Gasteiger partial charge >= 0.3 is 0 Å². The van der Waals surface area contributed by atoms with Crippen molar-refractivity contribution in [3.05, 3.63) is 83.4 Å². The lowest BCUT2D eigenvalue weighted by molar-refractivity contribution is -0.115. The van der Waals surface area contributed by atoms with E-state index in [1.54, 1.807) is 44.2 Å². The van der Waals surface area contributed by atoms with Crippen LogP contribution in [0.4, 0.5) is 11.4 Å². The number of anilines is 2. The van der Waals surface area contributed by atoms with Crippen LogP contribution in [0.2, 0.25) is 0 Å². The summed E-state index contributed by atoms with van der Waals surface area (Å²) in [5, 5.41) is 2.81. The molecule has 0 bridgehead atoms. The predicted molar refractivity (Wildman–Crippen MR) is 137 cm³/mol. The summed E-state index contributed by atoms with van der Waals surface area (Å²) in [5.74, 6) is 1.33. The van der Waals surface area contributed by atoms with Crippen molar-refractivity contribution in [2.75, 3.05) is 30.2 Å². The molecule has 1 aliphatic rings. The second-order valence-electron chi connectivity index (χ2n) is 7.99. The molecule has 1 fully saturated rings. The molecule has 0 radical (unpaired) electrons. The predicted octanol–water partition coefficient (Wildman–Crippen LogP) is 5.69. The lowest BCUT2D eigenvalue weighted by Gasteiger charge is -2.27. The first kappa shape index (κ1) is 23.7. The third-order valence-electron chi connectivity index (χ3n) is 5.68. The van der Waals surface area contributed by atoms with Gasteiger partial charge in [-0.15, -0.1) is 11.8 Å². The highest BCUT2D eigenvalue weighted by atomic mass is 32.2. The molecule has 2 amide bonds. The molecule has 0 saturated carbocycles. The second-order valence-corrected chi connectivity index (χ2v) is 9.06. The Morgan fingerprint density at radius 1 is 1.03 bits per heavy atom. The van der Waals surface area contributed by atoms with Gasteiger partial charge in [0.1, 0.15) is 16.9 Å². The van der Waals surface area contributed by atoms with Gasteiger partial charge in [-0.2, -0.15) is 0 Å². The minimum absolute atomic E-state index is 0.0940. The zero-order valence-corrected chi connectivity index (χ0v) is 20.4. The minimum atomic E-state index is -0.269. The van der Waals surface area contributed by atoms with Crippen molar-refractivity contribution in [2.24, 2.45) is 0 Å². The Labute approximate surface area is 204 Å². The molecule has 6 nitrogen and oxygen atoms in total. The summed E-state index contributed by atoms with van der Waals surface area (Å²) in [7, 11) is 3.09. The fraction of sp³-hybridized carbons (Fsp3) is 0.259. The van der Waals surface area contributed by atoms with Crippen LogP contribution < -0.4 is 19.7 Å². The average Bonchev–Trinajstić information content (AvgIpc) is 3.25. The number of benzene rings is 3. The molecule has 1 N–H and O–H groups in total. The number of ether oxygens (including phenoxy) is 2. The van der Waals surface area contributed by atoms with E-state index in [1.807, 2.05) is 47.4 Å². The molecule has 34 heavy (non-hydrogen) atoms. The number of thioether (sulfide) groups is 1. The Kier molecular flexibility index (Phi) is 7.43. The number of hydrogen-bond acceptors (Lipinski definition) is 5. The minimum Gasteiger partial charge on any atom is -0.497 e. The average molecular weight is 477 g/mol. The van der Waals surface area contributed by atoms with Crippen LogP contribution in [0.25, 0.3) is 0 Å². The van der Waals surface area contributed by atoms with E-state index in [1.165, 1.54) is 5.56 Å². The number of methoxy groups -OCH3 is 2. The number of amides is 2. The van der Waals surface area contributed by atoms with Crippen LogP contribution in [0.1, 0.15) is 40.2 Å². The van der Waals surface area contributed by atoms with E-state index >= 15 is 0 Å². The summed E-state index contributed by atoms with van der Waals surface area (Å²) in [6.07, 6.45) is 1.92. The molecular weight excluding hydrogens is 448 g/mol. The lowest BCUT2D eigenvalue weighted by atomic mass is 10.1. The number of nitrogens with zero attached hydrogens (tertiary/aromatic N) is 1. The molecule has 3 aromatic rings. The van der Waals surface area contributed by atoms with E-state index in [4.69, 9.17) is 9.47 Å². The first-order chi connectivity index (χ1) is 16.5. The molecule has 0 aliphatic carbocycles. The molecule has 0 spiro atoms. The van der Waals surface area contributed by atoms with Gasteiger partial charge in [0.25, 0.3) is 5.91 Å². The van der Waals surface area contributed by atoms with E-state index in [0.717, 1.165) is 24.1 Å². The van der Waals surface area contributed by atoms with Crippen molar-refractivity contribution in [3.63, 3.8) is 0 Å². The number of hydrogen-bond donors (Lipinski definition) is 1. The van der Waals surface area contributed by atoms with Crippen LogP contribution in [0.15, 0.2) is 66.7 Å². The molecule has 0 unspecified atom stereocenters. The SMILES string of the molecule is CCCc1ccccc1N1C(=O)CS[C@H]1c1cccc(NC(=O)c2cc(OC)cc(OC)c2)c1. The number of nitrogens with one attached hydrogen (secondary N) is 1. The second kappa shape index (κ2) is 10.7. The van der Waals surface area contributed by atoms with Gasteiger partial charge in [-0.25, -0.2) is 0 Å². The van der Waals surface area contributed by atoms with Crippen LogP contribution in [0, 0.1) is 0 Å². The standard InChI is InChI=1S/C27H28N2O4S/c1-4-8-18-9-5-6-12-24(18)29-25(30)17-34-27(29)19-10-7-11-21(13-19)28-26(31)20-14-22(32-2)16-23(15-20)33-3/h5-7,9-16,27H,4,8,17H2,1-3H3,(H,28,31)/t27-/m0/s1. The maximum Gasteiger partial charge on any atom is 0.255 e. The van der Waals surface area contributed by atoms with Crippen LogP contribution in [-0.4, -0.2) is 31.8 Å². The van der Waals surface area contributed by atoms with E-state index in [2.05, 4.69) is 18.3 Å². The van der Waals surface area contributed by atoms with Gasteiger partial charge in [-0.05, 0) is 47.9 Å². The van der Waals surface area contributed by atoms with Gasteiger partial charge in [-0.1, -0.05) is 43.7 Å². The highest BCUT2D eigenvalue weighted by molar-refractivity contribution is 8.00. The molecule has 3 aromatic carbocycles. The highest BCUT2D eigenvalue weighted by Crippen LogP contribution is 2.43. The molecule has 0 aromatic heterocycles. The fourth-order valence-electron chi connectivity index (χ4n) is 4.07. The zero-order valence-electron chi connectivity index (χ0n) is 19.5. The third kappa shape index (κ3) is 5.04. The Morgan fingerprint density at radius 2 is 1.76 bits per heavy atom. The molecular formula is C27H28N2O4S. The molecule has 176 valence electrons. The first-order valence-corrected chi connectivity index (χ1v) is 12.2. The summed E-state index contributed by atoms with van der Waals surface area (Å²) in [5.41, 5.74) is 4.18. The van der Waals surface area contributed by atoms with Crippen molar-refractivity contribution in [3.8, 4) is 11.5 Å².